The van der Waals surface area contributed by atoms with Gasteiger partial charge in [0.15, 0.2) is 0 Å². The lowest BCUT2D eigenvalue weighted by Crippen LogP contribution is -2.33. The lowest BCUT2D eigenvalue weighted by molar-refractivity contribution is 0.242. The zero-order valence-corrected chi connectivity index (χ0v) is 12.7. The summed E-state index contributed by atoms with van der Waals surface area (Å²) in [5, 5.41) is 3.71. The van der Waals surface area contributed by atoms with E-state index in [0.717, 1.165) is 5.92 Å². The third-order valence-corrected chi connectivity index (χ3v) is 4.87. The highest BCUT2D eigenvalue weighted by Crippen LogP contribution is 2.50. The fourth-order valence-electron chi connectivity index (χ4n) is 3.48. The number of nitrogens with one attached hydrogen (secondary N) is 1. The first-order valence-corrected chi connectivity index (χ1v) is 7.64. The number of hydrogen-bond acceptors (Lipinski definition) is 1. The van der Waals surface area contributed by atoms with Crippen molar-refractivity contribution in [2.75, 3.05) is 13.1 Å². The van der Waals surface area contributed by atoms with E-state index in [9.17, 15) is 0 Å². The van der Waals surface area contributed by atoms with Gasteiger partial charge in [-0.05, 0) is 49.0 Å². The maximum absolute atomic E-state index is 3.71. The Morgan fingerprint density at radius 2 is 1.76 bits per heavy atom. The highest BCUT2D eigenvalue weighted by Gasteiger charge is 2.40. The van der Waals surface area contributed by atoms with Crippen molar-refractivity contribution in [1.29, 1.82) is 0 Å². The molecule has 1 nitrogen and oxygen atoms in total. The standard InChI is InChI=1S/C16H33N/c1-6-8-14(3)11-17-13-16(5)10-9-15(4,7-2)12-16/h14,17H,6-13H2,1-5H3. The second-order valence-corrected chi connectivity index (χ2v) is 7.18. The van der Waals surface area contributed by atoms with Crippen molar-refractivity contribution in [1.82, 2.24) is 5.32 Å². The summed E-state index contributed by atoms with van der Waals surface area (Å²) in [6, 6.07) is 0. The Hall–Kier alpha value is -0.0400. The monoisotopic (exact) mass is 239 g/mol. The largest absolute Gasteiger partial charge is 0.316 e. The minimum absolute atomic E-state index is 0.552. The molecule has 0 radical (unpaired) electrons. The van der Waals surface area contributed by atoms with Crippen LogP contribution in [0.3, 0.4) is 0 Å². The summed E-state index contributed by atoms with van der Waals surface area (Å²) in [5.41, 5.74) is 1.17. The highest BCUT2D eigenvalue weighted by atomic mass is 14.9. The molecule has 3 atom stereocenters. The fraction of sp³-hybridized carbons (Fsp3) is 1.00. The van der Waals surface area contributed by atoms with Gasteiger partial charge in [-0.3, -0.25) is 0 Å². The van der Waals surface area contributed by atoms with E-state index in [0.29, 0.717) is 10.8 Å². The molecular weight excluding hydrogens is 206 g/mol. The van der Waals surface area contributed by atoms with E-state index in [-0.39, 0.29) is 0 Å². The van der Waals surface area contributed by atoms with Gasteiger partial charge >= 0.3 is 0 Å². The molecule has 3 unspecified atom stereocenters. The second kappa shape index (κ2) is 6.22. The quantitative estimate of drug-likeness (QED) is 0.683. The lowest BCUT2D eigenvalue weighted by Gasteiger charge is -2.29. The normalized spacial score (nSPS) is 35.1. The van der Waals surface area contributed by atoms with Gasteiger partial charge in [-0.2, -0.15) is 0 Å². The number of hydrogen-bond donors (Lipinski definition) is 1. The SMILES string of the molecule is CCCC(C)CNCC1(C)CCC(C)(CC)C1. The average Bonchev–Trinajstić information content (AvgIpc) is 2.57. The van der Waals surface area contributed by atoms with E-state index in [1.807, 2.05) is 0 Å². The molecule has 1 saturated carbocycles. The van der Waals surface area contributed by atoms with Crippen molar-refractivity contribution in [2.24, 2.45) is 16.7 Å². The van der Waals surface area contributed by atoms with Gasteiger partial charge in [0.1, 0.15) is 0 Å². The summed E-state index contributed by atoms with van der Waals surface area (Å²) < 4.78 is 0. The minimum atomic E-state index is 0.552. The van der Waals surface area contributed by atoms with Crippen LogP contribution >= 0.6 is 0 Å². The summed E-state index contributed by atoms with van der Waals surface area (Å²) in [4.78, 5) is 0. The summed E-state index contributed by atoms with van der Waals surface area (Å²) >= 11 is 0. The van der Waals surface area contributed by atoms with E-state index in [1.165, 1.54) is 51.6 Å². The molecule has 0 amide bonds. The number of rotatable bonds is 7. The lowest BCUT2D eigenvalue weighted by atomic mass is 9.80. The molecule has 0 heterocycles. The van der Waals surface area contributed by atoms with Gasteiger partial charge in [0.2, 0.25) is 0 Å². The van der Waals surface area contributed by atoms with Crippen LogP contribution in [0.25, 0.3) is 0 Å². The van der Waals surface area contributed by atoms with Crippen LogP contribution < -0.4 is 5.32 Å². The van der Waals surface area contributed by atoms with Gasteiger partial charge in [0, 0.05) is 6.54 Å². The Morgan fingerprint density at radius 1 is 1.12 bits per heavy atom. The maximum atomic E-state index is 3.71. The first-order chi connectivity index (χ1) is 7.93. The van der Waals surface area contributed by atoms with Crippen LogP contribution in [0.4, 0.5) is 0 Å². The molecule has 1 N–H and O–H groups in total. The molecule has 1 fully saturated rings. The molecule has 0 aromatic heterocycles. The van der Waals surface area contributed by atoms with E-state index < -0.39 is 0 Å². The Labute approximate surface area is 109 Å². The van der Waals surface area contributed by atoms with Crippen LogP contribution in [0.5, 0.6) is 0 Å². The minimum Gasteiger partial charge on any atom is -0.316 e. The van der Waals surface area contributed by atoms with Crippen molar-refractivity contribution in [3.8, 4) is 0 Å². The smallest absolute Gasteiger partial charge is 0.000548 e. The van der Waals surface area contributed by atoms with Crippen molar-refractivity contribution in [3.05, 3.63) is 0 Å². The topological polar surface area (TPSA) is 12.0 Å². The van der Waals surface area contributed by atoms with Crippen molar-refractivity contribution in [3.63, 3.8) is 0 Å². The van der Waals surface area contributed by atoms with Gasteiger partial charge in [-0.1, -0.05) is 47.5 Å². The third kappa shape index (κ3) is 4.62. The average molecular weight is 239 g/mol. The predicted molar refractivity (Wildman–Crippen MR) is 77.3 cm³/mol. The predicted octanol–water partition coefficient (Wildman–Crippen LogP) is 4.62. The van der Waals surface area contributed by atoms with Crippen molar-refractivity contribution in [2.45, 2.75) is 73.1 Å². The molecular formula is C16H33N. The molecule has 0 aromatic carbocycles. The van der Waals surface area contributed by atoms with Gasteiger partial charge in [0.25, 0.3) is 0 Å². The van der Waals surface area contributed by atoms with Gasteiger partial charge in [-0.25, -0.2) is 0 Å². The molecule has 102 valence electrons. The van der Waals surface area contributed by atoms with E-state index in [1.54, 1.807) is 0 Å². The molecule has 17 heavy (non-hydrogen) atoms. The van der Waals surface area contributed by atoms with E-state index in [2.05, 4.69) is 39.9 Å². The zero-order valence-electron chi connectivity index (χ0n) is 12.7. The first-order valence-electron chi connectivity index (χ1n) is 7.64. The summed E-state index contributed by atoms with van der Waals surface area (Å²) in [6.45, 7) is 14.4. The van der Waals surface area contributed by atoms with E-state index in [4.69, 9.17) is 0 Å². The third-order valence-electron chi connectivity index (χ3n) is 4.87. The summed E-state index contributed by atoms with van der Waals surface area (Å²) in [7, 11) is 0. The zero-order chi connectivity index (χ0) is 12.9. The molecule has 0 saturated heterocycles. The highest BCUT2D eigenvalue weighted by molar-refractivity contribution is 4.93. The van der Waals surface area contributed by atoms with Crippen LogP contribution in [0.2, 0.25) is 0 Å². The first kappa shape index (κ1) is 15.0. The Morgan fingerprint density at radius 3 is 2.29 bits per heavy atom. The molecule has 1 aliphatic rings. The molecule has 1 rings (SSSR count). The Bertz CT molecular complexity index is 226. The summed E-state index contributed by atoms with van der Waals surface area (Å²) in [6.07, 6.45) is 8.25. The van der Waals surface area contributed by atoms with Gasteiger partial charge < -0.3 is 5.32 Å². The molecule has 0 aliphatic heterocycles. The molecule has 0 bridgehead atoms. The van der Waals surface area contributed by atoms with Gasteiger partial charge in [-0.15, -0.1) is 0 Å². The molecule has 1 aliphatic carbocycles. The molecule has 0 spiro atoms. The fourth-order valence-corrected chi connectivity index (χ4v) is 3.48. The van der Waals surface area contributed by atoms with E-state index >= 15 is 0 Å². The van der Waals surface area contributed by atoms with Crippen LogP contribution in [0.1, 0.15) is 73.1 Å². The Kier molecular flexibility index (Phi) is 5.50. The van der Waals surface area contributed by atoms with Crippen molar-refractivity contribution < 1.29 is 0 Å². The van der Waals surface area contributed by atoms with Crippen LogP contribution in [0.15, 0.2) is 0 Å². The van der Waals surface area contributed by atoms with Crippen LogP contribution in [-0.2, 0) is 0 Å². The van der Waals surface area contributed by atoms with Crippen molar-refractivity contribution >= 4 is 0 Å². The Balaban J connectivity index is 2.27. The van der Waals surface area contributed by atoms with Gasteiger partial charge in [0.05, 0.1) is 0 Å². The van der Waals surface area contributed by atoms with Crippen LogP contribution in [0, 0.1) is 16.7 Å². The maximum Gasteiger partial charge on any atom is 0.000548 e. The molecule has 1 heteroatoms. The molecule has 0 aromatic rings. The summed E-state index contributed by atoms with van der Waals surface area (Å²) in [5.74, 6) is 0.836. The second-order valence-electron chi connectivity index (χ2n) is 7.18. The van der Waals surface area contributed by atoms with Crippen LogP contribution in [-0.4, -0.2) is 13.1 Å².